The molecule has 1 atom stereocenters. The van der Waals surface area contributed by atoms with E-state index in [9.17, 15) is 0 Å². The summed E-state index contributed by atoms with van der Waals surface area (Å²) in [5.74, 6) is 2.27. The number of nitrogens with zero attached hydrogens (tertiary/aromatic N) is 3. The molecule has 2 N–H and O–H groups in total. The predicted molar refractivity (Wildman–Crippen MR) is 125 cm³/mol. The largest absolute Gasteiger partial charge is 0.490 e. The molecule has 0 spiro atoms. The molecule has 0 radical (unpaired) electrons. The maximum absolute atomic E-state index is 5.68. The van der Waals surface area contributed by atoms with E-state index >= 15 is 0 Å². The SMILES string of the molecule is CCNC(=NCC(CC(C)C)N1CCOCC1)NCCOc1cccnc1.I. The minimum atomic E-state index is 0. The first-order valence-electron chi connectivity index (χ1n) is 10.1. The lowest BCUT2D eigenvalue weighted by Crippen LogP contribution is -2.46. The van der Waals surface area contributed by atoms with Gasteiger partial charge in [0.05, 0.1) is 32.5 Å². The quantitative estimate of drug-likeness (QED) is 0.220. The van der Waals surface area contributed by atoms with E-state index in [4.69, 9.17) is 14.5 Å². The van der Waals surface area contributed by atoms with Crippen LogP contribution in [0.3, 0.4) is 0 Å². The molecule has 28 heavy (non-hydrogen) atoms. The summed E-state index contributed by atoms with van der Waals surface area (Å²) in [4.78, 5) is 11.4. The number of hydrogen-bond donors (Lipinski definition) is 2. The van der Waals surface area contributed by atoms with Crippen molar-refractivity contribution >= 4 is 29.9 Å². The Morgan fingerprint density at radius 3 is 2.75 bits per heavy atom. The van der Waals surface area contributed by atoms with Crippen LogP contribution in [-0.2, 0) is 4.74 Å². The highest BCUT2D eigenvalue weighted by Gasteiger charge is 2.21. The number of morpholine rings is 1. The Morgan fingerprint density at radius 2 is 2.11 bits per heavy atom. The molecule has 160 valence electrons. The lowest BCUT2D eigenvalue weighted by molar-refractivity contribution is 0.0143. The number of ether oxygens (including phenoxy) is 2. The molecule has 1 aromatic heterocycles. The Balaban J connectivity index is 0.00000392. The summed E-state index contributed by atoms with van der Waals surface area (Å²) in [5.41, 5.74) is 0. The zero-order valence-corrected chi connectivity index (χ0v) is 19.7. The minimum Gasteiger partial charge on any atom is -0.490 e. The third-order valence-electron chi connectivity index (χ3n) is 4.41. The Morgan fingerprint density at radius 1 is 1.32 bits per heavy atom. The molecule has 7 nitrogen and oxygen atoms in total. The standard InChI is InChI=1S/C20H35N5O2.HI/c1-4-22-20(23-8-11-27-19-6-5-7-21-16-19)24-15-18(14-17(2)3)25-9-12-26-13-10-25;/h5-7,16-18H,4,8-15H2,1-3H3,(H2,22,23,24);1H. The van der Waals surface area contributed by atoms with Crippen molar-refractivity contribution in [3.63, 3.8) is 0 Å². The van der Waals surface area contributed by atoms with Gasteiger partial charge in [-0.1, -0.05) is 13.8 Å². The van der Waals surface area contributed by atoms with Crippen LogP contribution >= 0.6 is 24.0 Å². The zero-order valence-electron chi connectivity index (χ0n) is 17.4. The van der Waals surface area contributed by atoms with Gasteiger partial charge in [0.2, 0.25) is 0 Å². The van der Waals surface area contributed by atoms with E-state index < -0.39 is 0 Å². The van der Waals surface area contributed by atoms with Crippen LogP contribution in [0.25, 0.3) is 0 Å². The van der Waals surface area contributed by atoms with E-state index in [1.807, 2.05) is 12.1 Å². The average Bonchev–Trinajstić information content (AvgIpc) is 2.69. The zero-order chi connectivity index (χ0) is 19.3. The summed E-state index contributed by atoms with van der Waals surface area (Å²) < 4.78 is 11.2. The Bertz CT molecular complexity index is 539. The van der Waals surface area contributed by atoms with Gasteiger partial charge in [0.15, 0.2) is 5.96 Å². The molecular weight excluding hydrogens is 469 g/mol. The van der Waals surface area contributed by atoms with Gasteiger partial charge in [-0.2, -0.15) is 0 Å². The van der Waals surface area contributed by atoms with Crippen LogP contribution in [0.2, 0.25) is 0 Å². The highest BCUT2D eigenvalue weighted by Crippen LogP contribution is 2.14. The normalized spacial score (nSPS) is 16.4. The summed E-state index contributed by atoms with van der Waals surface area (Å²) in [5, 5.41) is 6.67. The monoisotopic (exact) mass is 505 g/mol. The third-order valence-corrected chi connectivity index (χ3v) is 4.41. The summed E-state index contributed by atoms with van der Waals surface area (Å²) in [6.07, 6.45) is 4.61. The second-order valence-corrected chi connectivity index (χ2v) is 7.12. The Kier molecular flexibility index (Phi) is 13.2. The van der Waals surface area contributed by atoms with Crippen molar-refractivity contribution in [3.05, 3.63) is 24.5 Å². The van der Waals surface area contributed by atoms with Crippen LogP contribution in [0.1, 0.15) is 27.2 Å². The Labute approximate surface area is 186 Å². The van der Waals surface area contributed by atoms with Gasteiger partial charge in [-0.3, -0.25) is 14.9 Å². The van der Waals surface area contributed by atoms with E-state index in [0.717, 1.165) is 57.5 Å². The average molecular weight is 505 g/mol. The van der Waals surface area contributed by atoms with Crippen LogP contribution in [0.4, 0.5) is 0 Å². The minimum absolute atomic E-state index is 0. The highest BCUT2D eigenvalue weighted by molar-refractivity contribution is 14.0. The predicted octanol–water partition coefficient (Wildman–Crippen LogP) is 2.38. The summed E-state index contributed by atoms with van der Waals surface area (Å²) in [7, 11) is 0. The van der Waals surface area contributed by atoms with Crippen LogP contribution in [0.5, 0.6) is 5.75 Å². The van der Waals surface area contributed by atoms with E-state index in [2.05, 4.69) is 41.3 Å². The van der Waals surface area contributed by atoms with Crippen LogP contribution < -0.4 is 15.4 Å². The van der Waals surface area contributed by atoms with Gasteiger partial charge in [-0.05, 0) is 31.4 Å². The lowest BCUT2D eigenvalue weighted by Gasteiger charge is -2.34. The number of nitrogens with one attached hydrogen (secondary N) is 2. The van der Waals surface area contributed by atoms with Gasteiger partial charge < -0.3 is 20.1 Å². The number of rotatable bonds is 10. The van der Waals surface area contributed by atoms with Crippen LogP contribution in [-0.4, -0.2) is 74.4 Å². The fourth-order valence-electron chi connectivity index (χ4n) is 3.14. The number of pyridine rings is 1. The molecule has 1 aliphatic heterocycles. The summed E-state index contributed by atoms with van der Waals surface area (Å²) in [6, 6.07) is 4.23. The van der Waals surface area contributed by atoms with Crippen LogP contribution in [0.15, 0.2) is 29.5 Å². The fraction of sp³-hybridized carbons (Fsp3) is 0.700. The molecule has 1 aliphatic rings. The van der Waals surface area contributed by atoms with Gasteiger partial charge >= 0.3 is 0 Å². The molecule has 1 unspecified atom stereocenters. The summed E-state index contributed by atoms with van der Waals surface area (Å²) >= 11 is 0. The number of guanidine groups is 1. The first-order valence-corrected chi connectivity index (χ1v) is 10.1. The van der Waals surface area contributed by atoms with E-state index in [-0.39, 0.29) is 24.0 Å². The molecule has 1 aromatic rings. The number of aromatic nitrogens is 1. The molecule has 2 heterocycles. The third kappa shape index (κ3) is 9.88. The van der Waals surface area contributed by atoms with Crippen molar-refractivity contribution in [2.45, 2.75) is 33.2 Å². The molecule has 0 amide bonds. The molecule has 0 bridgehead atoms. The fourth-order valence-corrected chi connectivity index (χ4v) is 3.14. The molecule has 8 heteroatoms. The smallest absolute Gasteiger partial charge is 0.191 e. The lowest BCUT2D eigenvalue weighted by atomic mass is 10.0. The van der Waals surface area contributed by atoms with E-state index in [1.54, 1.807) is 12.4 Å². The van der Waals surface area contributed by atoms with E-state index in [0.29, 0.717) is 25.1 Å². The maximum Gasteiger partial charge on any atom is 0.191 e. The van der Waals surface area contributed by atoms with Gasteiger partial charge in [-0.15, -0.1) is 24.0 Å². The van der Waals surface area contributed by atoms with Crippen molar-refractivity contribution in [1.29, 1.82) is 0 Å². The molecule has 1 fully saturated rings. The van der Waals surface area contributed by atoms with Gasteiger partial charge in [-0.25, -0.2) is 0 Å². The highest BCUT2D eigenvalue weighted by atomic mass is 127. The first-order chi connectivity index (χ1) is 13.2. The van der Waals surface area contributed by atoms with Gasteiger partial charge in [0.25, 0.3) is 0 Å². The Hall–Kier alpha value is -1.13. The maximum atomic E-state index is 5.68. The van der Waals surface area contributed by atoms with Crippen molar-refractivity contribution in [2.24, 2.45) is 10.9 Å². The molecule has 0 aromatic carbocycles. The van der Waals surface area contributed by atoms with Crippen molar-refractivity contribution in [2.75, 3.05) is 52.5 Å². The van der Waals surface area contributed by atoms with Gasteiger partial charge in [0.1, 0.15) is 12.4 Å². The van der Waals surface area contributed by atoms with Crippen molar-refractivity contribution in [3.8, 4) is 5.75 Å². The van der Waals surface area contributed by atoms with Crippen molar-refractivity contribution < 1.29 is 9.47 Å². The molecule has 0 saturated carbocycles. The summed E-state index contributed by atoms with van der Waals surface area (Å²) in [6.45, 7) is 13.1. The molecule has 1 saturated heterocycles. The molecular formula is C20H36IN5O2. The number of aliphatic imine (C=N–C) groups is 1. The van der Waals surface area contributed by atoms with Gasteiger partial charge in [0, 0.05) is 31.9 Å². The molecule has 0 aliphatic carbocycles. The second-order valence-electron chi connectivity index (χ2n) is 7.12. The topological polar surface area (TPSA) is 71.0 Å². The van der Waals surface area contributed by atoms with Crippen LogP contribution in [0, 0.1) is 5.92 Å². The van der Waals surface area contributed by atoms with E-state index in [1.165, 1.54) is 0 Å². The van der Waals surface area contributed by atoms with Crippen molar-refractivity contribution in [1.82, 2.24) is 20.5 Å². The second kappa shape index (κ2) is 14.8. The number of halogens is 1. The number of hydrogen-bond acceptors (Lipinski definition) is 5. The first kappa shape index (κ1) is 24.9. The molecule has 2 rings (SSSR count).